The molecule has 0 atom stereocenters. The summed E-state index contributed by atoms with van der Waals surface area (Å²) >= 11 is 3.52. The summed E-state index contributed by atoms with van der Waals surface area (Å²) in [5.74, 6) is 3.55. The van der Waals surface area contributed by atoms with Crippen LogP contribution in [0.5, 0.6) is 0 Å². The van der Waals surface area contributed by atoms with Crippen molar-refractivity contribution in [1.82, 2.24) is 5.32 Å². The number of carbonyl (C=O) groups excluding carboxylic acids is 1. The van der Waals surface area contributed by atoms with E-state index in [1.54, 1.807) is 0 Å². The highest BCUT2D eigenvalue weighted by Crippen LogP contribution is 2.53. The molecule has 0 unspecified atom stereocenters. The van der Waals surface area contributed by atoms with Crippen molar-refractivity contribution in [3.63, 3.8) is 0 Å². The van der Waals surface area contributed by atoms with Crippen LogP contribution in [0.3, 0.4) is 0 Å². The molecule has 0 heterocycles. The minimum absolute atomic E-state index is 0.199. The second-order valence-corrected chi connectivity index (χ2v) is 9.93. The van der Waals surface area contributed by atoms with Gasteiger partial charge in [-0.15, -0.1) is 0 Å². The van der Waals surface area contributed by atoms with Crippen LogP contribution in [-0.4, -0.2) is 11.9 Å². The van der Waals surface area contributed by atoms with Crippen molar-refractivity contribution in [3.05, 3.63) is 33.8 Å². The Morgan fingerprint density at radius 1 is 1.08 bits per heavy atom. The van der Waals surface area contributed by atoms with Gasteiger partial charge in [-0.05, 0) is 99.8 Å². The van der Waals surface area contributed by atoms with Crippen LogP contribution in [0.1, 0.15) is 57.1 Å². The zero-order chi connectivity index (χ0) is 17.1. The molecular weight excluding hydrogens is 362 g/mol. The first-order valence-electron chi connectivity index (χ1n) is 9.42. The van der Waals surface area contributed by atoms with Gasteiger partial charge in [-0.3, -0.25) is 4.79 Å². The van der Waals surface area contributed by atoms with Gasteiger partial charge in [0.25, 0.3) is 0 Å². The summed E-state index contributed by atoms with van der Waals surface area (Å²) in [6, 6.07) is 6.66. The molecule has 0 saturated heterocycles. The third-order valence-corrected chi connectivity index (χ3v) is 7.45. The summed E-state index contributed by atoms with van der Waals surface area (Å²) in [6.45, 7) is 6.22. The maximum atomic E-state index is 13.2. The Hall–Kier alpha value is -0.830. The topological polar surface area (TPSA) is 29.1 Å². The van der Waals surface area contributed by atoms with Crippen molar-refractivity contribution < 1.29 is 4.79 Å². The number of hydrogen-bond acceptors (Lipinski definition) is 1. The average Bonchev–Trinajstić information content (AvgIpc) is 2.49. The maximum absolute atomic E-state index is 13.2. The van der Waals surface area contributed by atoms with Crippen molar-refractivity contribution in [3.8, 4) is 0 Å². The van der Waals surface area contributed by atoms with E-state index in [4.69, 9.17) is 0 Å². The predicted octanol–water partition coefficient (Wildman–Crippen LogP) is 4.98. The van der Waals surface area contributed by atoms with E-state index < -0.39 is 5.41 Å². The van der Waals surface area contributed by atoms with Gasteiger partial charge in [0.2, 0.25) is 5.91 Å². The molecule has 0 radical (unpaired) electrons. The molecule has 4 aliphatic rings. The third kappa shape index (κ3) is 2.73. The van der Waals surface area contributed by atoms with Gasteiger partial charge in [0.05, 0.1) is 5.41 Å². The predicted molar refractivity (Wildman–Crippen MR) is 101 cm³/mol. The van der Waals surface area contributed by atoms with Crippen molar-refractivity contribution in [2.24, 2.45) is 23.7 Å². The molecule has 1 aromatic carbocycles. The number of benzene rings is 1. The van der Waals surface area contributed by atoms with E-state index in [0.29, 0.717) is 6.04 Å². The van der Waals surface area contributed by atoms with Gasteiger partial charge < -0.3 is 5.32 Å². The fourth-order valence-corrected chi connectivity index (χ4v) is 6.42. The van der Waals surface area contributed by atoms with Crippen LogP contribution in [0, 0.1) is 30.6 Å². The van der Waals surface area contributed by atoms with E-state index in [2.05, 4.69) is 54.2 Å². The maximum Gasteiger partial charge on any atom is 0.230 e. The second-order valence-electron chi connectivity index (χ2n) is 9.01. The van der Waals surface area contributed by atoms with E-state index in [9.17, 15) is 4.79 Å². The lowest BCUT2D eigenvalue weighted by Gasteiger charge is -2.54. The molecule has 3 heteroatoms. The minimum Gasteiger partial charge on any atom is -0.352 e. The standard InChI is InChI=1S/C21H28BrNO/c1-12-6-17(22)4-5-18(12)21(2,3)20(24)23-19-15-8-13-7-14(10-15)11-16(19)9-13/h4-6,13-16,19H,7-11H2,1-3H3,(H,23,24). The highest BCUT2D eigenvalue weighted by molar-refractivity contribution is 9.10. The van der Waals surface area contributed by atoms with Crippen LogP contribution in [0.15, 0.2) is 22.7 Å². The number of halogens is 1. The number of hydrogen-bond donors (Lipinski definition) is 1. The van der Waals surface area contributed by atoms with Crippen LogP contribution < -0.4 is 5.32 Å². The van der Waals surface area contributed by atoms with Gasteiger partial charge in [-0.2, -0.15) is 0 Å². The molecule has 1 amide bonds. The highest BCUT2D eigenvalue weighted by atomic mass is 79.9. The van der Waals surface area contributed by atoms with Crippen molar-refractivity contribution in [2.75, 3.05) is 0 Å². The van der Waals surface area contributed by atoms with Gasteiger partial charge in [0.1, 0.15) is 0 Å². The largest absolute Gasteiger partial charge is 0.352 e. The summed E-state index contributed by atoms with van der Waals surface area (Å²) < 4.78 is 1.07. The molecule has 1 N–H and O–H groups in total. The van der Waals surface area contributed by atoms with Gasteiger partial charge >= 0.3 is 0 Å². The molecule has 2 nitrogen and oxygen atoms in total. The van der Waals surface area contributed by atoms with E-state index in [1.165, 1.54) is 37.7 Å². The van der Waals surface area contributed by atoms with E-state index in [1.807, 2.05) is 6.07 Å². The first-order chi connectivity index (χ1) is 11.3. The SMILES string of the molecule is Cc1cc(Br)ccc1C(C)(C)C(=O)NC1C2CC3CC(C2)CC1C3. The quantitative estimate of drug-likeness (QED) is 0.775. The first-order valence-corrected chi connectivity index (χ1v) is 10.2. The number of nitrogens with one attached hydrogen (secondary N) is 1. The summed E-state index contributed by atoms with van der Waals surface area (Å²) in [4.78, 5) is 13.2. The number of rotatable bonds is 3. The Kier molecular flexibility index (Phi) is 4.06. The van der Waals surface area contributed by atoms with Gasteiger partial charge in [0.15, 0.2) is 0 Å². The normalized spacial score (nSPS) is 34.4. The van der Waals surface area contributed by atoms with Crippen LogP contribution in [-0.2, 0) is 10.2 Å². The van der Waals surface area contributed by atoms with Crippen LogP contribution in [0.4, 0.5) is 0 Å². The molecule has 24 heavy (non-hydrogen) atoms. The van der Waals surface area contributed by atoms with Gasteiger partial charge in [0, 0.05) is 10.5 Å². The Balaban J connectivity index is 1.53. The van der Waals surface area contributed by atoms with Crippen molar-refractivity contribution >= 4 is 21.8 Å². The lowest BCUT2D eigenvalue weighted by atomic mass is 9.54. The molecule has 5 rings (SSSR count). The Bertz CT molecular complexity index is 638. The van der Waals surface area contributed by atoms with Gasteiger partial charge in [-0.1, -0.05) is 22.0 Å². The second kappa shape index (κ2) is 5.86. The van der Waals surface area contributed by atoms with E-state index in [-0.39, 0.29) is 5.91 Å². The zero-order valence-corrected chi connectivity index (χ0v) is 16.5. The highest BCUT2D eigenvalue weighted by Gasteiger charge is 2.49. The summed E-state index contributed by atoms with van der Waals surface area (Å²) in [7, 11) is 0. The molecule has 0 aliphatic heterocycles. The van der Waals surface area contributed by atoms with Crippen molar-refractivity contribution in [2.45, 2.75) is 64.3 Å². The molecular formula is C21H28BrNO. The molecule has 1 aromatic rings. The third-order valence-electron chi connectivity index (χ3n) is 6.95. The Morgan fingerprint density at radius 3 is 2.21 bits per heavy atom. The molecule has 4 aliphatic carbocycles. The summed E-state index contributed by atoms with van der Waals surface area (Å²) in [5, 5.41) is 3.49. The molecule has 130 valence electrons. The van der Waals surface area contributed by atoms with E-state index >= 15 is 0 Å². The molecule has 4 fully saturated rings. The van der Waals surface area contributed by atoms with Crippen LogP contribution >= 0.6 is 15.9 Å². The monoisotopic (exact) mass is 389 g/mol. The van der Waals surface area contributed by atoms with E-state index in [0.717, 1.165) is 33.7 Å². The lowest BCUT2D eigenvalue weighted by molar-refractivity contribution is -0.129. The van der Waals surface area contributed by atoms with Crippen LogP contribution in [0.25, 0.3) is 0 Å². The summed E-state index contributed by atoms with van der Waals surface area (Å²) in [6.07, 6.45) is 6.83. The van der Waals surface area contributed by atoms with Gasteiger partial charge in [-0.25, -0.2) is 0 Å². The molecule has 4 bridgehead atoms. The number of carbonyl (C=O) groups is 1. The fourth-order valence-electron chi connectivity index (χ4n) is 5.94. The molecule has 4 saturated carbocycles. The first kappa shape index (κ1) is 16.6. The molecule has 0 aromatic heterocycles. The number of amides is 1. The Morgan fingerprint density at radius 2 is 1.67 bits per heavy atom. The lowest BCUT2D eigenvalue weighted by Crippen LogP contribution is -2.58. The fraction of sp³-hybridized carbons (Fsp3) is 0.667. The van der Waals surface area contributed by atoms with Crippen molar-refractivity contribution in [1.29, 1.82) is 0 Å². The summed E-state index contributed by atoms with van der Waals surface area (Å²) in [5.41, 5.74) is 1.82. The number of aryl methyl sites for hydroxylation is 1. The zero-order valence-electron chi connectivity index (χ0n) is 14.9. The smallest absolute Gasteiger partial charge is 0.230 e. The average molecular weight is 390 g/mol. The van der Waals surface area contributed by atoms with Crippen LogP contribution in [0.2, 0.25) is 0 Å². The molecule has 0 spiro atoms. The minimum atomic E-state index is -0.487. The Labute approximate surface area is 153 Å².